The number of allylic oxidation sites excluding steroid dienone is 2. The van der Waals surface area contributed by atoms with Crippen molar-refractivity contribution in [2.24, 2.45) is 0 Å². The normalized spacial score (nSPS) is 7.20. The van der Waals surface area contributed by atoms with Gasteiger partial charge in [0.25, 0.3) is 0 Å². The van der Waals surface area contributed by atoms with Crippen LogP contribution in [0.5, 0.6) is 0 Å². The number of aliphatic hydroxyl groups is 2. The lowest BCUT2D eigenvalue weighted by atomic mass is 10.7. The van der Waals surface area contributed by atoms with Gasteiger partial charge in [-0.3, -0.25) is 0 Å². The van der Waals surface area contributed by atoms with Crippen LogP contribution in [0.4, 0.5) is 9.59 Å². The molecule has 0 aliphatic rings. The first-order valence-corrected chi connectivity index (χ1v) is 5.44. The molecule has 0 aromatic rings. The molecule has 20 heavy (non-hydrogen) atoms. The van der Waals surface area contributed by atoms with E-state index in [1.54, 1.807) is 12.2 Å². The zero-order valence-electron chi connectivity index (χ0n) is 11.8. The van der Waals surface area contributed by atoms with Crippen molar-refractivity contribution < 1.29 is 39.5 Å². The molecule has 0 aliphatic heterocycles. The number of aliphatic hydroxyl groups excluding tert-OH is 2. The molecule has 0 aliphatic carbocycles. The smallest absolute Gasteiger partial charge is 0.449 e. The molecule has 0 saturated heterocycles. The molecule has 120 valence electrons. The molecule has 0 aromatic carbocycles. The highest BCUT2D eigenvalue weighted by molar-refractivity contribution is 5.74. The number of ether oxygens (including phenoxy) is 2. The molecular weight excluding hydrogens is 272 g/mol. The van der Waals surface area contributed by atoms with Crippen molar-refractivity contribution in [2.45, 2.75) is 13.8 Å². The molecule has 0 amide bonds. The van der Waals surface area contributed by atoms with E-state index in [0.717, 1.165) is 0 Å². The number of hydrogen-bond donors (Lipinski definition) is 4. The molecule has 0 bridgehead atoms. The Labute approximate surface area is 118 Å². The van der Waals surface area contributed by atoms with Gasteiger partial charge < -0.3 is 29.9 Å². The molecule has 0 radical (unpaired) electrons. The van der Waals surface area contributed by atoms with Gasteiger partial charge in [-0.2, -0.15) is 0 Å². The highest BCUT2D eigenvalue weighted by Crippen LogP contribution is 1.73. The van der Waals surface area contributed by atoms with E-state index < -0.39 is 12.3 Å². The summed E-state index contributed by atoms with van der Waals surface area (Å²) in [4.78, 5) is 18.4. The number of rotatable bonds is 4. The number of carboxylic acid groups (broad SMARTS) is 2. The zero-order chi connectivity index (χ0) is 16.8. The summed E-state index contributed by atoms with van der Waals surface area (Å²) in [5.74, 6) is 0. The molecule has 8 heteroatoms. The SMILES string of the molecule is C=CC.C=CC.O=C(O)OC(=O)O.OCCOCCO. The van der Waals surface area contributed by atoms with Gasteiger partial charge in [0.1, 0.15) is 0 Å². The predicted octanol–water partition coefficient (Wildman–Crippen LogP) is 1.73. The van der Waals surface area contributed by atoms with Crippen molar-refractivity contribution in [1.82, 2.24) is 0 Å². The third-order valence-corrected chi connectivity index (χ3v) is 0.646. The fourth-order valence-corrected chi connectivity index (χ4v) is 0.306. The average molecular weight is 296 g/mol. The minimum Gasteiger partial charge on any atom is -0.449 e. The minimum absolute atomic E-state index is 0.0278. The van der Waals surface area contributed by atoms with Crippen LogP contribution in [0.25, 0.3) is 0 Å². The summed E-state index contributed by atoms with van der Waals surface area (Å²) in [7, 11) is 0. The number of carbonyl (C=O) groups is 2. The van der Waals surface area contributed by atoms with Crippen LogP contribution in [-0.2, 0) is 9.47 Å². The summed E-state index contributed by atoms with van der Waals surface area (Å²) in [6.07, 6.45) is -0.125. The highest BCUT2D eigenvalue weighted by Gasteiger charge is 2.01. The quantitative estimate of drug-likeness (QED) is 0.267. The molecule has 0 saturated carbocycles. The van der Waals surface area contributed by atoms with E-state index in [4.69, 9.17) is 20.4 Å². The Balaban J connectivity index is -0.0000000927. The van der Waals surface area contributed by atoms with Gasteiger partial charge in [-0.05, 0) is 13.8 Å². The Morgan fingerprint density at radius 1 is 0.950 bits per heavy atom. The van der Waals surface area contributed by atoms with Crippen molar-refractivity contribution in [3.63, 3.8) is 0 Å². The molecule has 0 rings (SSSR count). The maximum absolute atomic E-state index is 9.21. The third kappa shape index (κ3) is 98.7. The first-order valence-electron chi connectivity index (χ1n) is 5.44. The second-order valence-corrected chi connectivity index (χ2v) is 2.51. The lowest BCUT2D eigenvalue weighted by molar-refractivity contribution is 0.0650. The second kappa shape index (κ2) is 30.3. The monoisotopic (exact) mass is 296 g/mol. The topological polar surface area (TPSA) is 134 Å². The summed E-state index contributed by atoms with van der Waals surface area (Å²) in [5.41, 5.74) is 0. The van der Waals surface area contributed by atoms with Gasteiger partial charge in [0.2, 0.25) is 0 Å². The van der Waals surface area contributed by atoms with E-state index in [0.29, 0.717) is 13.2 Å². The first-order chi connectivity index (χ1) is 9.37. The fourth-order valence-electron chi connectivity index (χ4n) is 0.306. The molecule has 0 aromatic heterocycles. The lowest BCUT2D eigenvalue weighted by Crippen LogP contribution is -2.05. The summed E-state index contributed by atoms with van der Waals surface area (Å²) in [5, 5.41) is 31.1. The van der Waals surface area contributed by atoms with Crippen molar-refractivity contribution in [2.75, 3.05) is 26.4 Å². The van der Waals surface area contributed by atoms with E-state index in [1.165, 1.54) is 0 Å². The van der Waals surface area contributed by atoms with Crippen LogP contribution >= 0.6 is 0 Å². The molecule has 0 unspecified atom stereocenters. The van der Waals surface area contributed by atoms with Crippen LogP contribution in [0.3, 0.4) is 0 Å². The standard InChI is InChI=1S/C4H10O3.2C3H6.C2H2O5/c5-1-3-7-4-2-6;2*1-3-2;3-1(4)7-2(5)6/h5-6H,1-4H2;2*3H,1H2,2H3;(H,3,4)(H,5,6). The summed E-state index contributed by atoms with van der Waals surface area (Å²) in [6, 6.07) is 0. The third-order valence-electron chi connectivity index (χ3n) is 0.646. The molecular formula is C12H24O8. The zero-order valence-corrected chi connectivity index (χ0v) is 11.8. The lowest BCUT2D eigenvalue weighted by Gasteiger charge is -1.94. The van der Waals surface area contributed by atoms with Crippen molar-refractivity contribution in [3.05, 3.63) is 25.3 Å². The molecule has 0 heterocycles. The predicted molar refractivity (Wildman–Crippen MR) is 73.9 cm³/mol. The van der Waals surface area contributed by atoms with Crippen molar-refractivity contribution in [1.29, 1.82) is 0 Å². The van der Waals surface area contributed by atoms with E-state index in [2.05, 4.69) is 22.6 Å². The van der Waals surface area contributed by atoms with E-state index >= 15 is 0 Å². The van der Waals surface area contributed by atoms with Gasteiger partial charge in [0.05, 0.1) is 26.4 Å². The van der Waals surface area contributed by atoms with Crippen molar-refractivity contribution in [3.8, 4) is 0 Å². The summed E-state index contributed by atoms with van der Waals surface area (Å²) >= 11 is 0. The maximum Gasteiger partial charge on any atom is 0.516 e. The first kappa shape index (κ1) is 26.6. The molecule has 4 N–H and O–H groups in total. The van der Waals surface area contributed by atoms with Crippen LogP contribution in [0, 0.1) is 0 Å². The fraction of sp³-hybridized carbons (Fsp3) is 0.500. The molecule has 0 fully saturated rings. The van der Waals surface area contributed by atoms with Gasteiger partial charge in [-0.25, -0.2) is 9.59 Å². The highest BCUT2D eigenvalue weighted by atomic mass is 16.7. The Morgan fingerprint density at radius 3 is 1.30 bits per heavy atom. The van der Waals surface area contributed by atoms with Gasteiger partial charge in [0.15, 0.2) is 0 Å². The largest absolute Gasteiger partial charge is 0.516 e. The van der Waals surface area contributed by atoms with Gasteiger partial charge in [-0.15, -0.1) is 13.2 Å². The Kier molecular flexibility index (Phi) is 40.3. The molecule has 0 spiro atoms. The van der Waals surface area contributed by atoms with Gasteiger partial charge >= 0.3 is 12.3 Å². The Bertz CT molecular complexity index is 205. The van der Waals surface area contributed by atoms with Gasteiger partial charge in [-0.1, -0.05) is 12.2 Å². The molecule has 0 atom stereocenters. The Morgan fingerprint density at radius 2 is 1.20 bits per heavy atom. The summed E-state index contributed by atoms with van der Waals surface area (Å²) in [6.45, 7) is 11.2. The maximum atomic E-state index is 9.21. The minimum atomic E-state index is -1.81. The van der Waals surface area contributed by atoms with E-state index in [1.807, 2.05) is 13.8 Å². The van der Waals surface area contributed by atoms with Crippen LogP contribution < -0.4 is 0 Å². The molecule has 8 nitrogen and oxygen atoms in total. The van der Waals surface area contributed by atoms with Gasteiger partial charge in [0, 0.05) is 0 Å². The van der Waals surface area contributed by atoms with Crippen LogP contribution in [0.15, 0.2) is 25.3 Å². The van der Waals surface area contributed by atoms with E-state index in [9.17, 15) is 9.59 Å². The number of hydrogen-bond acceptors (Lipinski definition) is 6. The van der Waals surface area contributed by atoms with Crippen LogP contribution in [0.1, 0.15) is 13.8 Å². The van der Waals surface area contributed by atoms with Crippen LogP contribution in [-0.4, -0.2) is 59.2 Å². The average Bonchev–Trinajstić information content (AvgIpc) is 2.30. The van der Waals surface area contributed by atoms with Crippen LogP contribution in [0.2, 0.25) is 0 Å². The Hall–Kier alpha value is -1.90. The van der Waals surface area contributed by atoms with Crippen molar-refractivity contribution >= 4 is 12.3 Å². The van der Waals surface area contributed by atoms with E-state index in [-0.39, 0.29) is 13.2 Å². The second-order valence-electron chi connectivity index (χ2n) is 2.51. The summed E-state index contributed by atoms with van der Waals surface area (Å²) < 4.78 is 7.72.